The lowest BCUT2D eigenvalue weighted by atomic mass is 9.96. The van der Waals surface area contributed by atoms with E-state index in [2.05, 4.69) is 45.4 Å². The summed E-state index contributed by atoms with van der Waals surface area (Å²) in [7, 11) is 1.80. The zero-order chi connectivity index (χ0) is 20.4. The number of nitrogens with zero attached hydrogens (tertiary/aromatic N) is 3. The monoisotopic (exact) mass is 388 g/mol. The molecule has 28 heavy (non-hydrogen) atoms. The van der Waals surface area contributed by atoms with Crippen LogP contribution in [0.5, 0.6) is 0 Å². The molecule has 0 aromatic carbocycles. The predicted molar refractivity (Wildman–Crippen MR) is 115 cm³/mol. The van der Waals surface area contributed by atoms with Crippen molar-refractivity contribution in [3.05, 3.63) is 23.9 Å². The van der Waals surface area contributed by atoms with E-state index in [-0.39, 0.29) is 11.8 Å². The summed E-state index contributed by atoms with van der Waals surface area (Å²) in [5.41, 5.74) is 6.58. The number of aliphatic imine (C=N–C) groups is 1. The number of unbranched alkanes of at least 4 members (excludes halogenated alkanes) is 2. The number of primary amides is 1. The summed E-state index contributed by atoms with van der Waals surface area (Å²) in [6, 6.07) is 4.44. The Morgan fingerprint density at radius 2 is 2.14 bits per heavy atom. The van der Waals surface area contributed by atoms with Crippen molar-refractivity contribution in [2.45, 2.75) is 65.0 Å². The molecule has 7 heteroatoms. The molecule has 156 valence electrons. The average Bonchev–Trinajstić information content (AvgIpc) is 2.71. The summed E-state index contributed by atoms with van der Waals surface area (Å²) >= 11 is 0. The number of nitrogens with two attached hydrogens (primary N) is 1. The van der Waals surface area contributed by atoms with Gasteiger partial charge >= 0.3 is 0 Å². The fourth-order valence-corrected chi connectivity index (χ4v) is 3.61. The number of aromatic nitrogens is 1. The van der Waals surface area contributed by atoms with E-state index in [4.69, 9.17) is 5.73 Å². The Morgan fingerprint density at radius 1 is 1.39 bits per heavy atom. The number of guanidine groups is 1. The summed E-state index contributed by atoms with van der Waals surface area (Å²) in [5.74, 6) is 1.58. The van der Waals surface area contributed by atoms with E-state index in [1.807, 2.05) is 12.3 Å². The average molecular weight is 389 g/mol. The molecule has 1 unspecified atom stereocenters. The summed E-state index contributed by atoms with van der Waals surface area (Å²) in [6.07, 6.45) is 8.28. The molecule has 1 aliphatic heterocycles. The normalized spacial score (nSPS) is 16.7. The quantitative estimate of drug-likeness (QED) is 0.343. The number of pyridine rings is 1. The second-order valence-corrected chi connectivity index (χ2v) is 7.62. The number of amides is 1. The van der Waals surface area contributed by atoms with Gasteiger partial charge in [-0.2, -0.15) is 0 Å². The Bertz CT molecular complexity index is 640. The molecule has 0 bridgehead atoms. The lowest BCUT2D eigenvalue weighted by molar-refractivity contribution is -0.122. The number of carbonyl (C=O) groups is 1. The van der Waals surface area contributed by atoms with Gasteiger partial charge in [0.1, 0.15) is 5.82 Å². The molecule has 0 aliphatic carbocycles. The highest BCUT2D eigenvalue weighted by molar-refractivity contribution is 5.80. The molecule has 1 saturated heterocycles. The molecule has 1 atom stereocenters. The number of nitrogens with one attached hydrogen (secondary N) is 2. The van der Waals surface area contributed by atoms with Crippen LogP contribution in [-0.2, 0) is 11.3 Å². The molecule has 1 amide bonds. The van der Waals surface area contributed by atoms with Crippen LogP contribution in [-0.4, -0.2) is 43.0 Å². The molecule has 1 aromatic rings. The van der Waals surface area contributed by atoms with Gasteiger partial charge in [-0.15, -0.1) is 0 Å². The molecule has 4 N–H and O–H groups in total. The Kier molecular flexibility index (Phi) is 9.04. The standard InChI is InChI=1S/C21H36N6O/c1-4-5-6-8-16(2)26-21(23-3)25-15-18-9-7-12-24-20(18)27-13-10-17(11-14-27)19(22)28/h7,9,12,16-17H,4-6,8,10-11,13-15H2,1-3H3,(H2,22,28)(H2,23,25,26). The first-order chi connectivity index (χ1) is 13.5. The zero-order valence-corrected chi connectivity index (χ0v) is 17.6. The first-order valence-corrected chi connectivity index (χ1v) is 10.5. The first-order valence-electron chi connectivity index (χ1n) is 10.5. The lowest BCUT2D eigenvalue weighted by Crippen LogP contribution is -2.42. The third-order valence-corrected chi connectivity index (χ3v) is 5.36. The van der Waals surface area contributed by atoms with Crippen molar-refractivity contribution in [1.82, 2.24) is 15.6 Å². The van der Waals surface area contributed by atoms with E-state index < -0.39 is 0 Å². The van der Waals surface area contributed by atoms with Crippen LogP contribution in [0.1, 0.15) is 57.9 Å². The van der Waals surface area contributed by atoms with Gasteiger partial charge in [0, 0.05) is 50.4 Å². The molecule has 2 heterocycles. The maximum atomic E-state index is 11.4. The Balaban J connectivity index is 1.91. The van der Waals surface area contributed by atoms with E-state index in [1.54, 1.807) is 7.05 Å². The zero-order valence-electron chi connectivity index (χ0n) is 17.6. The summed E-state index contributed by atoms with van der Waals surface area (Å²) in [4.78, 5) is 22.6. The largest absolute Gasteiger partial charge is 0.369 e. The van der Waals surface area contributed by atoms with Gasteiger partial charge in [0.15, 0.2) is 5.96 Å². The van der Waals surface area contributed by atoms with Crippen molar-refractivity contribution in [2.75, 3.05) is 25.0 Å². The van der Waals surface area contributed by atoms with Crippen LogP contribution in [0.2, 0.25) is 0 Å². The maximum absolute atomic E-state index is 11.4. The summed E-state index contributed by atoms with van der Waals surface area (Å²) in [5, 5.41) is 6.88. The Labute approximate surface area is 169 Å². The van der Waals surface area contributed by atoms with Crippen LogP contribution in [0.3, 0.4) is 0 Å². The van der Waals surface area contributed by atoms with Crippen LogP contribution >= 0.6 is 0 Å². The number of carbonyl (C=O) groups excluding carboxylic acids is 1. The number of hydrogen-bond donors (Lipinski definition) is 3. The van der Waals surface area contributed by atoms with Gasteiger partial charge in [-0.05, 0) is 32.3 Å². The van der Waals surface area contributed by atoms with Gasteiger partial charge in [0.2, 0.25) is 5.91 Å². The highest BCUT2D eigenvalue weighted by Gasteiger charge is 2.25. The minimum atomic E-state index is -0.189. The fourth-order valence-electron chi connectivity index (χ4n) is 3.61. The van der Waals surface area contributed by atoms with Gasteiger partial charge < -0.3 is 21.3 Å². The van der Waals surface area contributed by atoms with E-state index >= 15 is 0 Å². The van der Waals surface area contributed by atoms with Crippen LogP contribution in [0.25, 0.3) is 0 Å². The number of anilines is 1. The van der Waals surface area contributed by atoms with Crippen LogP contribution in [0.4, 0.5) is 5.82 Å². The second kappa shape index (κ2) is 11.5. The molecule has 1 aliphatic rings. The SMILES string of the molecule is CCCCCC(C)NC(=NC)NCc1cccnc1N1CCC(C(N)=O)CC1. The third kappa shape index (κ3) is 6.69. The number of rotatable bonds is 9. The van der Waals surface area contributed by atoms with Gasteiger partial charge in [-0.3, -0.25) is 9.79 Å². The molecule has 0 spiro atoms. The minimum Gasteiger partial charge on any atom is -0.369 e. The molecular formula is C21H36N6O. The van der Waals surface area contributed by atoms with E-state index in [0.29, 0.717) is 12.6 Å². The maximum Gasteiger partial charge on any atom is 0.220 e. The van der Waals surface area contributed by atoms with Crippen molar-refractivity contribution < 1.29 is 4.79 Å². The molecule has 1 aromatic heterocycles. The van der Waals surface area contributed by atoms with Gasteiger partial charge in [-0.1, -0.05) is 32.3 Å². The molecule has 1 fully saturated rings. The highest BCUT2D eigenvalue weighted by Crippen LogP contribution is 2.24. The van der Waals surface area contributed by atoms with Crippen LogP contribution < -0.4 is 21.3 Å². The topological polar surface area (TPSA) is 95.6 Å². The second-order valence-electron chi connectivity index (χ2n) is 7.62. The minimum absolute atomic E-state index is 0.0150. The first kappa shape index (κ1) is 22.0. The van der Waals surface area contributed by atoms with Gasteiger partial charge in [-0.25, -0.2) is 4.98 Å². The molecule has 2 rings (SSSR count). The predicted octanol–water partition coefficient (Wildman–Crippen LogP) is 2.42. The van der Waals surface area contributed by atoms with Crippen molar-refractivity contribution in [2.24, 2.45) is 16.6 Å². The van der Waals surface area contributed by atoms with E-state index in [9.17, 15) is 4.79 Å². The summed E-state index contributed by atoms with van der Waals surface area (Å²) in [6.45, 7) is 6.68. The molecule has 0 radical (unpaired) electrons. The fraction of sp³-hybridized carbons (Fsp3) is 0.667. The van der Waals surface area contributed by atoms with Gasteiger partial charge in [0.25, 0.3) is 0 Å². The molecule has 7 nitrogen and oxygen atoms in total. The lowest BCUT2D eigenvalue weighted by Gasteiger charge is -2.32. The van der Waals surface area contributed by atoms with Gasteiger partial charge in [0.05, 0.1) is 0 Å². The third-order valence-electron chi connectivity index (χ3n) is 5.36. The Morgan fingerprint density at radius 3 is 2.79 bits per heavy atom. The summed E-state index contributed by atoms with van der Waals surface area (Å²) < 4.78 is 0. The molecule has 0 saturated carbocycles. The van der Waals surface area contributed by atoms with Crippen molar-refractivity contribution in [3.8, 4) is 0 Å². The smallest absolute Gasteiger partial charge is 0.220 e. The van der Waals surface area contributed by atoms with E-state index in [0.717, 1.165) is 49.7 Å². The van der Waals surface area contributed by atoms with E-state index in [1.165, 1.54) is 19.3 Å². The van der Waals surface area contributed by atoms with Crippen molar-refractivity contribution in [1.29, 1.82) is 0 Å². The number of piperidine rings is 1. The number of hydrogen-bond acceptors (Lipinski definition) is 4. The molecular weight excluding hydrogens is 352 g/mol. The highest BCUT2D eigenvalue weighted by atomic mass is 16.1. The van der Waals surface area contributed by atoms with Crippen LogP contribution in [0.15, 0.2) is 23.3 Å². The van der Waals surface area contributed by atoms with Crippen molar-refractivity contribution >= 4 is 17.7 Å². The Hall–Kier alpha value is -2.31. The van der Waals surface area contributed by atoms with Crippen molar-refractivity contribution in [3.63, 3.8) is 0 Å². The van der Waals surface area contributed by atoms with Crippen LogP contribution in [0, 0.1) is 5.92 Å².